The lowest BCUT2D eigenvalue weighted by Crippen LogP contribution is -2.47. The second-order valence-corrected chi connectivity index (χ2v) is 6.47. The van der Waals surface area contributed by atoms with Gasteiger partial charge < -0.3 is 10.2 Å². The van der Waals surface area contributed by atoms with Crippen LogP contribution in [0.5, 0.6) is 0 Å². The summed E-state index contributed by atoms with van der Waals surface area (Å²) in [4.78, 5) is 14.9. The molecule has 0 aromatic heterocycles. The predicted molar refractivity (Wildman–Crippen MR) is 99.3 cm³/mol. The predicted octanol–water partition coefficient (Wildman–Crippen LogP) is 4.88. The number of carbonyl (C=O) groups is 1. The fraction of sp³-hybridized carbons (Fsp3) is 0.381. The van der Waals surface area contributed by atoms with Crippen LogP contribution >= 0.6 is 0 Å². The van der Waals surface area contributed by atoms with Crippen molar-refractivity contribution >= 4 is 11.7 Å². The molecule has 0 saturated carbocycles. The zero-order valence-electron chi connectivity index (χ0n) is 14.4. The molecular formula is C21H26N2O. The molecule has 2 amide bonds. The molecule has 1 aliphatic heterocycles. The number of piperidine rings is 1. The van der Waals surface area contributed by atoms with Gasteiger partial charge in [-0.15, -0.1) is 0 Å². The number of para-hydroxylation sites is 1. The number of likely N-dealkylation sites (tertiary alicyclic amines) is 1. The van der Waals surface area contributed by atoms with Gasteiger partial charge in [0.25, 0.3) is 0 Å². The van der Waals surface area contributed by atoms with E-state index in [2.05, 4.69) is 42.6 Å². The summed E-state index contributed by atoms with van der Waals surface area (Å²) in [5.74, 6) is 0. The average Bonchev–Trinajstić information content (AvgIpc) is 2.63. The number of aryl methyl sites for hydroxylation is 1. The number of amides is 2. The summed E-state index contributed by atoms with van der Waals surface area (Å²) in [6.07, 6.45) is 5.23. The van der Waals surface area contributed by atoms with Crippen LogP contribution in [-0.4, -0.2) is 23.5 Å². The van der Waals surface area contributed by atoms with Crippen LogP contribution in [0.2, 0.25) is 0 Å². The van der Waals surface area contributed by atoms with Gasteiger partial charge in [0.1, 0.15) is 0 Å². The highest BCUT2D eigenvalue weighted by Gasteiger charge is 2.27. The third-order valence-electron chi connectivity index (χ3n) is 4.84. The highest BCUT2D eigenvalue weighted by atomic mass is 16.2. The molecule has 1 atom stereocenters. The maximum absolute atomic E-state index is 12.9. The van der Waals surface area contributed by atoms with Crippen LogP contribution in [-0.2, 0) is 12.8 Å². The average molecular weight is 322 g/mol. The van der Waals surface area contributed by atoms with Crippen molar-refractivity contribution in [2.45, 2.75) is 45.1 Å². The van der Waals surface area contributed by atoms with Crippen LogP contribution < -0.4 is 5.32 Å². The molecule has 1 saturated heterocycles. The Kier molecular flexibility index (Phi) is 5.52. The van der Waals surface area contributed by atoms with Crippen molar-refractivity contribution in [1.82, 2.24) is 4.90 Å². The summed E-state index contributed by atoms with van der Waals surface area (Å²) in [5.41, 5.74) is 3.42. The van der Waals surface area contributed by atoms with E-state index in [1.165, 1.54) is 17.5 Å². The minimum absolute atomic E-state index is 0.0385. The van der Waals surface area contributed by atoms with E-state index in [4.69, 9.17) is 0 Å². The number of nitrogens with one attached hydrogen (secondary N) is 1. The molecule has 1 unspecified atom stereocenters. The van der Waals surface area contributed by atoms with Crippen LogP contribution in [0.15, 0.2) is 54.6 Å². The van der Waals surface area contributed by atoms with Crippen LogP contribution in [0.1, 0.15) is 37.3 Å². The molecule has 126 valence electrons. The van der Waals surface area contributed by atoms with Crippen LogP contribution in [0, 0.1) is 0 Å². The lowest BCUT2D eigenvalue weighted by atomic mass is 9.96. The topological polar surface area (TPSA) is 32.3 Å². The number of carbonyl (C=O) groups excluding carboxylic acids is 1. The highest BCUT2D eigenvalue weighted by Crippen LogP contribution is 2.23. The van der Waals surface area contributed by atoms with Gasteiger partial charge in [0.15, 0.2) is 0 Å². The first-order valence-corrected chi connectivity index (χ1v) is 8.97. The van der Waals surface area contributed by atoms with E-state index in [-0.39, 0.29) is 12.1 Å². The lowest BCUT2D eigenvalue weighted by Gasteiger charge is -2.36. The zero-order valence-corrected chi connectivity index (χ0v) is 14.4. The van der Waals surface area contributed by atoms with Crippen molar-refractivity contribution in [2.24, 2.45) is 0 Å². The first-order valence-electron chi connectivity index (χ1n) is 8.97. The van der Waals surface area contributed by atoms with Gasteiger partial charge in [-0.1, -0.05) is 55.5 Å². The van der Waals surface area contributed by atoms with E-state index in [1.807, 2.05) is 29.2 Å². The van der Waals surface area contributed by atoms with Crippen molar-refractivity contribution in [1.29, 1.82) is 0 Å². The lowest BCUT2D eigenvalue weighted by molar-refractivity contribution is 0.162. The van der Waals surface area contributed by atoms with E-state index in [0.29, 0.717) is 0 Å². The maximum atomic E-state index is 12.9. The highest BCUT2D eigenvalue weighted by molar-refractivity contribution is 5.90. The van der Waals surface area contributed by atoms with E-state index in [1.54, 1.807) is 0 Å². The Hall–Kier alpha value is -2.29. The van der Waals surface area contributed by atoms with E-state index >= 15 is 0 Å². The van der Waals surface area contributed by atoms with E-state index in [0.717, 1.165) is 37.9 Å². The van der Waals surface area contributed by atoms with Gasteiger partial charge in [-0.2, -0.15) is 0 Å². The maximum Gasteiger partial charge on any atom is 0.322 e. The third kappa shape index (κ3) is 3.97. The molecule has 3 rings (SSSR count). The molecule has 2 aromatic carbocycles. The Morgan fingerprint density at radius 1 is 1.08 bits per heavy atom. The Morgan fingerprint density at radius 3 is 2.62 bits per heavy atom. The third-order valence-corrected chi connectivity index (χ3v) is 4.84. The SMILES string of the molecule is CCc1ccccc1NC(=O)N1CCCCC1Cc1ccccc1. The summed E-state index contributed by atoms with van der Waals surface area (Å²) in [7, 11) is 0. The molecule has 3 heteroatoms. The van der Waals surface area contributed by atoms with Crippen molar-refractivity contribution in [3.8, 4) is 0 Å². The molecule has 1 heterocycles. The number of rotatable bonds is 4. The number of benzene rings is 2. The number of hydrogen-bond acceptors (Lipinski definition) is 1. The number of urea groups is 1. The van der Waals surface area contributed by atoms with E-state index in [9.17, 15) is 4.79 Å². The first kappa shape index (κ1) is 16.6. The molecule has 0 radical (unpaired) electrons. The molecule has 2 aromatic rings. The first-order chi connectivity index (χ1) is 11.8. The fourth-order valence-electron chi connectivity index (χ4n) is 3.50. The fourth-order valence-corrected chi connectivity index (χ4v) is 3.50. The van der Waals surface area contributed by atoms with Crippen LogP contribution in [0.4, 0.5) is 10.5 Å². The molecule has 1 fully saturated rings. The van der Waals surface area contributed by atoms with Gasteiger partial charge in [-0.05, 0) is 49.3 Å². The van der Waals surface area contributed by atoms with Gasteiger partial charge in [-0.25, -0.2) is 4.79 Å². The molecule has 0 bridgehead atoms. The Balaban J connectivity index is 1.71. The van der Waals surface area contributed by atoms with E-state index < -0.39 is 0 Å². The number of nitrogens with zero attached hydrogens (tertiary/aromatic N) is 1. The Bertz CT molecular complexity index is 669. The van der Waals surface area contributed by atoms with Crippen LogP contribution in [0.25, 0.3) is 0 Å². The molecule has 1 N–H and O–H groups in total. The second kappa shape index (κ2) is 8.00. The monoisotopic (exact) mass is 322 g/mol. The quantitative estimate of drug-likeness (QED) is 0.855. The normalized spacial score (nSPS) is 17.5. The standard InChI is InChI=1S/C21H26N2O/c1-2-18-12-6-7-14-20(18)22-21(24)23-15-9-8-13-19(23)16-17-10-4-3-5-11-17/h3-7,10-12,14,19H,2,8-9,13,15-16H2,1H3,(H,22,24). The minimum Gasteiger partial charge on any atom is -0.321 e. The molecule has 24 heavy (non-hydrogen) atoms. The minimum atomic E-state index is 0.0385. The van der Waals surface area contributed by atoms with Gasteiger partial charge in [0.05, 0.1) is 0 Å². The zero-order chi connectivity index (χ0) is 16.8. The summed E-state index contributed by atoms with van der Waals surface area (Å²) in [6.45, 7) is 2.96. The Labute approximate surface area is 144 Å². The van der Waals surface area contributed by atoms with Crippen LogP contribution in [0.3, 0.4) is 0 Å². The molecule has 0 spiro atoms. The Morgan fingerprint density at radius 2 is 1.83 bits per heavy atom. The van der Waals surface area contributed by atoms with Crippen molar-refractivity contribution in [2.75, 3.05) is 11.9 Å². The van der Waals surface area contributed by atoms with Crippen molar-refractivity contribution in [3.63, 3.8) is 0 Å². The van der Waals surface area contributed by atoms with Gasteiger partial charge in [0.2, 0.25) is 0 Å². The summed E-state index contributed by atoms with van der Waals surface area (Å²) in [6, 6.07) is 18.9. The summed E-state index contributed by atoms with van der Waals surface area (Å²) >= 11 is 0. The molecule has 1 aliphatic rings. The smallest absolute Gasteiger partial charge is 0.321 e. The number of anilines is 1. The summed E-state index contributed by atoms with van der Waals surface area (Å²) in [5, 5.41) is 3.13. The molecule has 0 aliphatic carbocycles. The van der Waals surface area contributed by atoms with Gasteiger partial charge in [-0.3, -0.25) is 0 Å². The molecular weight excluding hydrogens is 296 g/mol. The largest absolute Gasteiger partial charge is 0.322 e. The van der Waals surface area contributed by atoms with Crippen molar-refractivity contribution in [3.05, 3.63) is 65.7 Å². The summed E-state index contributed by atoms with van der Waals surface area (Å²) < 4.78 is 0. The second-order valence-electron chi connectivity index (χ2n) is 6.47. The number of hydrogen-bond donors (Lipinski definition) is 1. The van der Waals surface area contributed by atoms with Crippen molar-refractivity contribution < 1.29 is 4.79 Å². The van der Waals surface area contributed by atoms with Gasteiger partial charge >= 0.3 is 6.03 Å². The van der Waals surface area contributed by atoms with Gasteiger partial charge in [0, 0.05) is 18.3 Å². The molecule has 3 nitrogen and oxygen atoms in total.